The molecule has 0 radical (unpaired) electrons. The maximum atomic E-state index is 13.2. The highest BCUT2D eigenvalue weighted by molar-refractivity contribution is 7.89. The molecule has 1 N–H and O–H groups in total. The van der Waals surface area contributed by atoms with Gasteiger partial charge >= 0.3 is 0 Å². The summed E-state index contributed by atoms with van der Waals surface area (Å²) in [6, 6.07) is 9.32. The molecular weight excluding hydrogens is 435 g/mol. The SMILES string of the molecule is Cc1cc(Cl)ccc1NC(=O)c1ccc(Cl)c(S(=O)(=O)N2CC(C)OC(C)C2)c1. The van der Waals surface area contributed by atoms with Crippen LogP contribution in [0.15, 0.2) is 41.3 Å². The van der Waals surface area contributed by atoms with E-state index < -0.39 is 15.9 Å². The van der Waals surface area contributed by atoms with Crippen molar-refractivity contribution in [3.8, 4) is 0 Å². The molecule has 0 spiro atoms. The summed E-state index contributed by atoms with van der Waals surface area (Å²) in [5, 5.41) is 3.41. The van der Waals surface area contributed by atoms with Gasteiger partial charge in [0.2, 0.25) is 10.0 Å². The number of benzene rings is 2. The van der Waals surface area contributed by atoms with Crippen molar-refractivity contribution in [3.05, 3.63) is 57.6 Å². The molecule has 2 unspecified atom stereocenters. The molecule has 0 aromatic heterocycles. The van der Waals surface area contributed by atoms with Gasteiger partial charge < -0.3 is 10.1 Å². The lowest BCUT2D eigenvalue weighted by molar-refractivity contribution is -0.0440. The normalized spacial score (nSPS) is 20.4. The van der Waals surface area contributed by atoms with Gasteiger partial charge in [-0.2, -0.15) is 4.31 Å². The summed E-state index contributed by atoms with van der Waals surface area (Å²) in [6.45, 7) is 5.91. The fourth-order valence-corrected chi connectivity index (χ4v) is 5.59. The number of rotatable bonds is 4. The summed E-state index contributed by atoms with van der Waals surface area (Å²) < 4.78 is 33.3. The van der Waals surface area contributed by atoms with Gasteiger partial charge in [0.15, 0.2) is 0 Å². The third kappa shape index (κ3) is 4.92. The predicted molar refractivity (Wildman–Crippen MR) is 114 cm³/mol. The number of carbonyl (C=O) groups excluding carboxylic acids is 1. The van der Waals surface area contributed by atoms with Crippen LogP contribution in [0.3, 0.4) is 0 Å². The van der Waals surface area contributed by atoms with Crippen molar-refractivity contribution in [2.75, 3.05) is 18.4 Å². The minimum Gasteiger partial charge on any atom is -0.373 e. The monoisotopic (exact) mass is 456 g/mol. The van der Waals surface area contributed by atoms with E-state index in [2.05, 4.69) is 5.32 Å². The number of hydrogen-bond acceptors (Lipinski definition) is 4. The average Bonchev–Trinajstić information content (AvgIpc) is 2.63. The van der Waals surface area contributed by atoms with E-state index in [9.17, 15) is 13.2 Å². The van der Waals surface area contributed by atoms with Crippen molar-refractivity contribution in [2.45, 2.75) is 37.9 Å². The number of nitrogens with zero attached hydrogens (tertiary/aromatic N) is 1. The first-order chi connectivity index (χ1) is 13.6. The maximum Gasteiger partial charge on any atom is 0.255 e. The summed E-state index contributed by atoms with van der Waals surface area (Å²) in [6.07, 6.45) is -0.460. The zero-order valence-electron chi connectivity index (χ0n) is 16.3. The van der Waals surface area contributed by atoms with Crippen LogP contribution in [0, 0.1) is 6.92 Å². The van der Waals surface area contributed by atoms with E-state index in [0.29, 0.717) is 10.7 Å². The zero-order valence-corrected chi connectivity index (χ0v) is 18.6. The smallest absolute Gasteiger partial charge is 0.255 e. The van der Waals surface area contributed by atoms with Crippen LogP contribution in [0.2, 0.25) is 10.0 Å². The summed E-state index contributed by atoms with van der Waals surface area (Å²) in [7, 11) is -3.88. The standard InChI is InChI=1S/C20H22Cl2N2O4S/c1-12-8-16(21)5-7-18(12)23-20(25)15-4-6-17(22)19(9-15)29(26,27)24-10-13(2)28-14(3)11-24/h4-9,13-14H,10-11H2,1-3H3,(H,23,25). The van der Waals surface area contributed by atoms with Gasteiger partial charge in [-0.05, 0) is 62.7 Å². The first kappa shape index (κ1) is 22.1. The van der Waals surface area contributed by atoms with Crippen LogP contribution in [0.25, 0.3) is 0 Å². The molecule has 1 aliphatic rings. The molecule has 0 aliphatic carbocycles. The number of morpholine rings is 1. The Balaban J connectivity index is 1.90. The minimum absolute atomic E-state index is 0.0658. The minimum atomic E-state index is -3.88. The summed E-state index contributed by atoms with van der Waals surface area (Å²) in [5.41, 5.74) is 1.58. The molecule has 1 aliphatic heterocycles. The number of aryl methyl sites for hydroxylation is 1. The molecule has 1 fully saturated rings. The van der Waals surface area contributed by atoms with Crippen molar-refractivity contribution >= 4 is 44.8 Å². The molecule has 2 aromatic carbocycles. The van der Waals surface area contributed by atoms with Crippen molar-refractivity contribution in [2.24, 2.45) is 0 Å². The van der Waals surface area contributed by atoms with Crippen LogP contribution in [-0.2, 0) is 14.8 Å². The second kappa shape index (κ2) is 8.62. The molecule has 9 heteroatoms. The first-order valence-electron chi connectivity index (χ1n) is 9.10. The zero-order chi connectivity index (χ0) is 21.3. The second-order valence-electron chi connectivity index (χ2n) is 7.14. The van der Waals surface area contributed by atoms with Crippen molar-refractivity contribution in [1.29, 1.82) is 0 Å². The highest BCUT2D eigenvalue weighted by Crippen LogP contribution is 2.29. The molecule has 1 saturated heterocycles. The number of carbonyl (C=O) groups is 1. The molecule has 29 heavy (non-hydrogen) atoms. The molecule has 1 amide bonds. The van der Waals surface area contributed by atoms with E-state index in [-0.39, 0.29) is 40.8 Å². The molecule has 0 saturated carbocycles. The van der Waals surface area contributed by atoms with Crippen molar-refractivity contribution in [3.63, 3.8) is 0 Å². The van der Waals surface area contributed by atoms with Gasteiger partial charge in [0, 0.05) is 29.4 Å². The lowest BCUT2D eigenvalue weighted by Crippen LogP contribution is -2.48. The van der Waals surface area contributed by atoms with Crippen molar-refractivity contribution < 1.29 is 17.9 Å². The summed E-state index contributed by atoms with van der Waals surface area (Å²) >= 11 is 12.1. The number of amides is 1. The highest BCUT2D eigenvalue weighted by Gasteiger charge is 2.33. The van der Waals surface area contributed by atoms with E-state index >= 15 is 0 Å². The fraction of sp³-hybridized carbons (Fsp3) is 0.350. The van der Waals surface area contributed by atoms with E-state index in [1.54, 1.807) is 18.2 Å². The molecule has 2 atom stereocenters. The summed E-state index contributed by atoms with van der Waals surface area (Å²) in [4.78, 5) is 12.6. The Morgan fingerprint density at radius 3 is 2.38 bits per heavy atom. The topological polar surface area (TPSA) is 75.7 Å². The number of sulfonamides is 1. The van der Waals surface area contributed by atoms with Crippen molar-refractivity contribution in [1.82, 2.24) is 4.31 Å². The quantitative estimate of drug-likeness (QED) is 0.741. The first-order valence-corrected chi connectivity index (χ1v) is 11.3. The van der Waals surface area contributed by atoms with Gasteiger partial charge in [0.05, 0.1) is 17.2 Å². The second-order valence-corrected chi connectivity index (χ2v) is 9.89. The van der Waals surface area contributed by atoms with Crippen LogP contribution in [0.4, 0.5) is 5.69 Å². The Bertz CT molecular complexity index is 1030. The molecule has 1 heterocycles. The Hall–Kier alpha value is -1.64. The van der Waals surface area contributed by atoms with Gasteiger partial charge in [-0.15, -0.1) is 0 Å². The van der Waals surface area contributed by atoms with Gasteiger partial charge in [-0.1, -0.05) is 23.2 Å². The molecule has 6 nitrogen and oxygen atoms in total. The predicted octanol–water partition coefficient (Wildman–Crippen LogP) is 4.35. The van der Waals surface area contributed by atoms with Crippen LogP contribution < -0.4 is 5.32 Å². The van der Waals surface area contributed by atoms with Crippen LogP contribution in [-0.4, -0.2) is 43.9 Å². The molecule has 0 bridgehead atoms. The highest BCUT2D eigenvalue weighted by atomic mass is 35.5. The number of ether oxygens (including phenoxy) is 1. The van der Waals surface area contributed by atoms with Crippen LogP contribution in [0.5, 0.6) is 0 Å². The largest absolute Gasteiger partial charge is 0.373 e. The van der Waals surface area contributed by atoms with Crippen LogP contribution in [0.1, 0.15) is 29.8 Å². The molecule has 3 rings (SSSR count). The van der Waals surface area contributed by atoms with E-state index in [1.807, 2.05) is 20.8 Å². The third-order valence-corrected chi connectivity index (χ3v) is 7.18. The number of nitrogens with one attached hydrogen (secondary N) is 1. The summed E-state index contributed by atoms with van der Waals surface area (Å²) in [5.74, 6) is -0.438. The van der Waals surface area contributed by atoms with Gasteiger partial charge in [-0.25, -0.2) is 8.42 Å². The van der Waals surface area contributed by atoms with Gasteiger partial charge in [-0.3, -0.25) is 4.79 Å². The number of hydrogen-bond donors (Lipinski definition) is 1. The Morgan fingerprint density at radius 2 is 1.76 bits per heavy atom. The lowest BCUT2D eigenvalue weighted by atomic mass is 10.1. The molecule has 156 valence electrons. The average molecular weight is 457 g/mol. The third-order valence-electron chi connectivity index (χ3n) is 4.63. The van der Waals surface area contributed by atoms with E-state index in [1.165, 1.54) is 22.5 Å². The maximum absolute atomic E-state index is 13.2. The number of anilines is 1. The Labute approximate surface area is 180 Å². The lowest BCUT2D eigenvalue weighted by Gasteiger charge is -2.34. The van der Waals surface area contributed by atoms with Gasteiger partial charge in [0.1, 0.15) is 4.90 Å². The Kier molecular flexibility index (Phi) is 6.55. The van der Waals surface area contributed by atoms with E-state index in [4.69, 9.17) is 27.9 Å². The van der Waals surface area contributed by atoms with Crippen LogP contribution >= 0.6 is 23.2 Å². The molecule has 2 aromatic rings. The number of halogens is 2. The van der Waals surface area contributed by atoms with E-state index in [0.717, 1.165) is 5.56 Å². The Morgan fingerprint density at radius 1 is 1.10 bits per heavy atom. The molecular formula is C20H22Cl2N2O4S. The fourth-order valence-electron chi connectivity index (χ4n) is 3.27. The van der Waals surface area contributed by atoms with Gasteiger partial charge in [0.25, 0.3) is 5.91 Å².